The van der Waals surface area contributed by atoms with Crippen molar-refractivity contribution < 1.29 is 23.1 Å². The monoisotopic (exact) mass is 491 g/mol. The molecule has 0 unspecified atom stereocenters. The molecule has 2 amide bonds. The van der Waals surface area contributed by atoms with Crippen LogP contribution in [0.4, 0.5) is 4.79 Å². The number of nitrogens with zero attached hydrogens (tertiary/aromatic N) is 2. The van der Waals surface area contributed by atoms with Crippen molar-refractivity contribution in [2.24, 2.45) is 5.92 Å². The van der Waals surface area contributed by atoms with Crippen molar-refractivity contribution in [2.45, 2.75) is 44.2 Å². The van der Waals surface area contributed by atoms with Crippen molar-refractivity contribution >= 4 is 32.0 Å². The molecule has 0 aliphatic carbocycles. The van der Waals surface area contributed by atoms with Gasteiger partial charge in [0, 0.05) is 36.6 Å². The largest absolute Gasteiger partial charge is 0.487 e. The molecule has 0 saturated heterocycles. The molecule has 0 fully saturated rings. The highest BCUT2D eigenvalue weighted by atomic mass is 79.9. The Bertz CT molecular complexity index is 820. The predicted molar refractivity (Wildman–Crippen MR) is 114 cm³/mol. The van der Waals surface area contributed by atoms with Crippen LogP contribution in [-0.2, 0) is 10.0 Å². The van der Waals surface area contributed by atoms with Crippen molar-refractivity contribution in [2.75, 3.05) is 33.3 Å². The van der Waals surface area contributed by atoms with Gasteiger partial charge in [0.1, 0.15) is 16.7 Å². The number of carbonyl (C=O) groups is 1. The van der Waals surface area contributed by atoms with Crippen LogP contribution in [0.5, 0.6) is 5.75 Å². The van der Waals surface area contributed by atoms with E-state index in [0.717, 1.165) is 6.42 Å². The Morgan fingerprint density at radius 2 is 2.17 bits per heavy atom. The number of carbonyl (C=O) groups excluding carboxylic acids is 1. The van der Waals surface area contributed by atoms with Crippen LogP contribution < -0.4 is 10.1 Å². The highest BCUT2D eigenvalue weighted by Crippen LogP contribution is 2.35. The van der Waals surface area contributed by atoms with Gasteiger partial charge in [-0.1, -0.05) is 29.8 Å². The van der Waals surface area contributed by atoms with Crippen molar-refractivity contribution in [3.05, 3.63) is 22.7 Å². The van der Waals surface area contributed by atoms with Gasteiger partial charge >= 0.3 is 6.03 Å². The lowest BCUT2D eigenvalue weighted by Crippen LogP contribution is -2.51. The Labute approximate surface area is 181 Å². The second kappa shape index (κ2) is 10.1. The maximum absolute atomic E-state index is 13.2. The van der Waals surface area contributed by atoms with E-state index in [9.17, 15) is 18.3 Å². The molecule has 0 saturated carbocycles. The minimum atomic E-state index is -3.85. The van der Waals surface area contributed by atoms with Gasteiger partial charge in [-0.25, -0.2) is 13.2 Å². The Kier molecular flexibility index (Phi) is 8.33. The van der Waals surface area contributed by atoms with Gasteiger partial charge in [-0.15, -0.1) is 0 Å². The summed E-state index contributed by atoms with van der Waals surface area (Å²) in [5.41, 5.74) is 0. The van der Waals surface area contributed by atoms with Crippen molar-refractivity contribution in [1.29, 1.82) is 0 Å². The first-order chi connectivity index (χ1) is 13.6. The summed E-state index contributed by atoms with van der Waals surface area (Å²) in [6, 6.07) is 3.98. The molecule has 1 aliphatic heterocycles. The number of benzene rings is 1. The van der Waals surface area contributed by atoms with Crippen LogP contribution in [0.25, 0.3) is 0 Å². The summed E-state index contributed by atoms with van der Waals surface area (Å²) in [6.07, 6.45) is 0.410. The fourth-order valence-electron chi connectivity index (χ4n) is 3.14. The number of likely N-dealkylation sites (N-methyl/N-ethyl adjacent to an activating group) is 1. The van der Waals surface area contributed by atoms with Crippen molar-refractivity contribution in [3.8, 4) is 5.75 Å². The van der Waals surface area contributed by atoms with Gasteiger partial charge in [0.25, 0.3) is 0 Å². The highest BCUT2D eigenvalue weighted by Gasteiger charge is 2.38. The third-order valence-electron chi connectivity index (χ3n) is 4.96. The first-order valence-electron chi connectivity index (χ1n) is 9.69. The Morgan fingerprint density at radius 1 is 1.48 bits per heavy atom. The van der Waals surface area contributed by atoms with Crippen LogP contribution in [0.1, 0.15) is 27.2 Å². The zero-order chi connectivity index (χ0) is 21.8. The summed E-state index contributed by atoms with van der Waals surface area (Å²) in [6.45, 7) is 6.30. The highest BCUT2D eigenvalue weighted by molar-refractivity contribution is 9.10. The van der Waals surface area contributed by atoms with Crippen LogP contribution in [0, 0.1) is 5.92 Å². The molecule has 2 N–H and O–H groups in total. The van der Waals surface area contributed by atoms with E-state index >= 15 is 0 Å². The molecule has 1 aliphatic rings. The number of fused-ring (bicyclic) bond motifs is 1. The van der Waals surface area contributed by atoms with Crippen LogP contribution in [0.2, 0.25) is 0 Å². The fraction of sp³-hybridized carbons (Fsp3) is 0.632. The Morgan fingerprint density at radius 3 is 2.79 bits per heavy atom. The summed E-state index contributed by atoms with van der Waals surface area (Å²) < 4.78 is 34.6. The van der Waals surface area contributed by atoms with Gasteiger partial charge in [0.2, 0.25) is 10.0 Å². The molecule has 164 valence electrons. The number of aliphatic hydroxyl groups excluding tert-OH is 1. The molecule has 3 atom stereocenters. The van der Waals surface area contributed by atoms with Crippen LogP contribution in [-0.4, -0.2) is 74.2 Å². The number of hydrogen-bond donors (Lipinski definition) is 2. The average molecular weight is 492 g/mol. The molecule has 10 heteroatoms. The van der Waals surface area contributed by atoms with Crippen molar-refractivity contribution in [1.82, 2.24) is 14.5 Å². The topological polar surface area (TPSA) is 99.2 Å². The summed E-state index contributed by atoms with van der Waals surface area (Å²) in [4.78, 5) is 13.9. The van der Waals surface area contributed by atoms with E-state index in [2.05, 4.69) is 21.2 Å². The van der Waals surface area contributed by atoms with E-state index in [-0.39, 0.29) is 35.7 Å². The van der Waals surface area contributed by atoms with E-state index in [0.29, 0.717) is 17.6 Å². The molecule has 2 rings (SSSR count). The molecule has 1 heterocycles. The summed E-state index contributed by atoms with van der Waals surface area (Å²) in [5, 5.41) is 12.4. The van der Waals surface area contributed by atoms with Gasteiger partial charge in [0.05, 0.1) is 13.2 Å². The number of amides is 2. The van der Waals surface area contributed by atoms with Crippen molar-refractivity contribution in [3.63, 3.8) is 0 Å². The molecule has 8 nitrogen and oxygen atoms in total. The zero-order valence-corrected chi connectivity index (χ0v) is 19.7. The van der Waals surface area contributed by atoms with Crippen LogP contribution in [0.15, 0.2) is 27.6 Å². The van der Waals surface area contributed by atoms with E-state index < -0.39 is 22.2 Å². The lowest BCUT2D eigenvalue weighted by atomic mass is 10.0. The van der Waals surface area contributed by atoms with Crippen LogP contribution in [0.3, 0.4) is 0 Å². The van der Waals surface area contributed by atoms with E-state index in [1.54, 1.807) is 31.0 Å². The zero-order valence-electron chi connectivity index (χ0n) is 17.3. The normalized spacial score (nSPS) is 22.6. The summed E-state index contributed by atoms with van der Waals surface area (Å²) in [5.74, 6) is 0.0146. The molecular weight excluding hydrogens is 462 g/mol. The second-order valence-corrected chi connectivity index (χ2v) is 10.2. The number of ether oxygens (including phenoxy) is 1. The maximum atomic E-state index is 13.2. The predicted octanol–water partition coefficient (Wildman–Crippen LogP) is 2.27. The van der Waals surface area contributed by atoms with Crippen LogP contribution >= 0.6 is 15.9 Å². The lowest BCUT2D eigenvalue weighted by Gasteiger charge is -2.37. The van der Waals surface area contributed by atoms with Gasteiger partial charge in [0.15, 0.2) is 0 Å². The SMILES string of the molecule is CCCNC(=O)N(C)C[C@@H]1Oc2cc(Br)ccc2S(=O)(=O)N([C@H](C)CO)C[C@H]1C. The third kappa shape index (κ3) is 5.62. The van der Waals surface area contributed by atoms with Gasteiger partial charge in [-0.3, -0.25) is 0 Å². The lowest BCUT2D eigenvalue weighted by molar-refractivity contribution is 0.0812. The molecule has 29 heavy (non-hydrogen) atoms. The van der Waals surface area contributed by atoms with Gasteiger partial charge in [-0.05, 0) is 31.5 Å². The van der Waals surface area contributed by atoms with E-state index in [4.69, 9.17) is 4.74 Å². The van der Waals surface area contributed by atoms with E-state index in [1.807, 2.05) is 13.8 Å². The fourth-order valence-corrected chi connectivity index (χ4v) is 5.30. The maximum Gasteiger partial charge on any atom is 0.317 e. The first-order valence-corrected chi connectivity index (χ1v) is 11.9. The Hall–Kier alpha value is -1.36. The molecule has 0 bridgehead atoms. The van der Waals surface area contributed by atoms with Gasteiger partial charge in [-0.2, -0.15) is 4.31 Å². The molecule has 0 spiro atoms. The summed E-state index contributed by atoms with van der Waals surface area (Å²) in [7, 11) is -2.16. The number of halogens is 1. The minimum Gasteiger partial charge on any atom is -0.487 e. The van der Waals surface area contributed by atoms with E-state index in [1.165, 1.54) is 10.4 Å². The number of hydrogen-bond acceptors (Lipinski definition) is 5. The number of rotatable bonds is 6. The third-order valence-corrected chi connectivity index (χ3v) is 7.47. The number of urea groups is 1. The number of nitrogens with one attached hydrogen (secondary N) is 1. The summed E-state index contributed by atoms with van der Waals surface area (Å²) >= 11 is 3.37. The molecule has 0 aromatic heterocycles. The average Bonchev–Trinajstić information content (AvgIpc) is 2.67. The quantitative estimate of drug-likeness (QED) is 0.635. The number of aliphatic hydroxyl groups is 1. The smallest absolute Gasteiger partial charge is 0.317 e. The number of sulfonamides is 1. The molecule has 0 radical (unpaired) electrons. The minimum absolute atomic E-state index is 0.0518. The Balaban J connectivity index is 2.41. The first kappa shape index (κ1) is 23.9. The standard InChI is InChI=1S/C19H30BrN3O5S/c1-5-8-21-19(25)22(4)11-17-13(2)10-23(14(3)12-24)29(26,27)18-7-6-15(20)9-16(18)28-17/h6-7,9,13-14,17,24H,5,8,10-12H2,1-4H3,(H,21,25)/t13-,14-,17+/m1/s1. The second-order valence-electron chi connectivity index (χ2n) is 7.44. The van der Waals surface area contributed by atoms with Gasteiger partial charge < -0.3 is 20.1 Å². The molecule has 1 aromatic carbocycles. The molecular formula is C19H30BrN3O5S. The molecule has 1 aromatic rings.